The lowest BCUT2D eigenvalue weighted by atomic mass is 9.93. The summed E-state index contributed by atoms with van der Waals surface area (Å²) in [7, 11) is -5.16. The fourth-order valence-corrected chi connectivity index (χ4v) is 7.52. The third-order valence-corrected chi connectivity index (χ3v) is 11.2. The van der Waals surface area contributed by atoms with E-state index in [0.29, 0.717) is 11.0 Å². The van der Waals surface area contributed by atoms with Gasteiger partial charge in [0.1, 0.15) is 36.4 Å². The average molecular weight is 983 g/mol. The number of hydrogen-bond donors (Lipinski definition) is 16. The average Bonchev–Trinajstić information content (AvgIpc) is 3.79. The Balaban J connectivity index is 0.00000760. The van der Waals surface area contributed by atoms with Crippen LogP contribution in [0.1, 0.15) is 65.5 Å². The van der Waals surface area contributed by atoms with E-state index >= 15 is 0 Å². The van der Waals surface area contributed by atoms with Gasteiger partial charge in [0, 0.05) is 31.8 Å². The number of amides is 7. The maximum atomic E-state index is 14.1. The topological polar surface area (TPSA) is 486 Å². The molecule has 19 N–H and O–H groups in total. The molecule has 28 nitrogen and oxygen atoms in total. The molecule has 0 saturated carbocycles. The molecule has 0 bridgehead atoms. The van der Waals surface area contributed by atoms with E-state index in [1.54, 1.807) is 0 Å². The first-order chi connectivity index (χ1) is 31.0. The molecule has 0 aromatic heterocycles. The minimum atomic E-state index is -5.16. The summed E-state index contributed by atoms with van der Waals surface area (Å²) in [4.78, 5) is 92.4. The number of aromatic hydroxyl groups is 1. The number of nitrogens with zero attached hydrogens (tertiary/aromatic N) is 2. The van der Waals surface area contributed by atoms with E-state index < -0.39 is 174 Å². The molecule has 7 amide bonds. The van der Waals surface area contributed by atoms with E-state index in [1.807, 2.05) is 19.2 Å². The Bertz CT molecular complexity index is 2050. The lowest BCUT2D eigenvalue weighted by Crippen LogP contribution is -2.61. The Morgan fingerprint density at radius 1 is 0.851 bits per heavy atom. The van der Waals surface area contributed by atoms with Crippen molar-refractivity contribution in [2.24, 2.45) is 29.0 Å². The molecular formula is C38H62N8O20S. The summed E-state index contributed by atoms with van der Waals surface area (Å²) < 4.78 is 35.5. The summed E-state index contributed by atoms with van der Waals surface area (Å²) in [6, 6.07) is -6.27. The molecule has 67 heavy (non-hydrogen) atoms. The van der Waals surface area contributed by atoms with E-state index in [-0.39, 0.29) is 18.5 Å². The van der Waals surface area contributed by atoms with Gasteiger partial charge in [-0.15, -0.1) is 0 Å². The molecule has 2 aliphatic rings. The number of aliphatic hydroxyl groups is 8. The largest absolute Gasteiger partial charge is 0.504 e. The highest BCUT2D eigenvalue weighted by atomic mass is 32.3. The standard InChI is InChI=1S/C36H56N8O20S.C2H6/c1-12-10-44(36(60)25(20(48)9-23(38)50)41-31(55)13(2)28(52)29(53)15-4-5-19(47)22(6-15)64-65(61,62)63)26(27(12)51)34(58)42-33(57)21(49)8-17(37)32(56)40-24(14(3)45)35(59)43-11-16(46)7-18(43)30(39)54;1-2/h4-6,12-14,16-18,20-21,24-29,33,45-49,51-53,57H,7-11,37H2,1-3H3,(H2,38,50)(H2,39,54)(H,40,56)(H,41,55)(H,42,58)(H,61,62,63);1-2H3. The van der Waals surface area contributed by atoms with Crippen molar-refractivity contribution < 1.29 is 96.7 Å². The van der Waals surface area contributed by atoms with Gasteiger partial charge in [-0.05, 0) is 24.6 Å². The van der Waals surface area contributed by atoms with Crippen LogP contribution < -0.4 is 37.3 Å². The minimum absolute atomic E-state index is 0.194. The van der Waals surface area contributed by atoms with Crippen molar-refractivity contribution in [3.8, 4) is 11.5 Å². The molecule has 0 radical (unpaired) electrons. The SMILES string of the molecule is CC.CC(O)C(NC(=O)C(N)CC(O)C(O)NC(=O)C1C(O)C(C)CN1C(=O)C(NC(=O)C(C)C(O)C(O)c1ccc(O)c(OS(=O)(=O)O)c1)C(O)CC(N)=O)C(=O)N1CC(O)CC1C(N)=O. The number of phenolic OH excluding ortho intramolecular Hbond substituents is 1. The van der Waals surface area contributed by atoms with E-state index in [0.717, 1.165) is 30.9 Å². The van der Waals surface area contributed by atoms with Crippen molar-refractivity contribution in [3.05, 3.63) is 23.8 Å². The Kier molecular flexibility index (Phi) is 21.2. The van der Waals surface area contributed by atoms with Gasteiger partial charge >= 0.3 is 10.4 Å². The van der Waals surface area contributed by atoms with Gasteiger partial charge in [0.15, 0.2) is 17.7 Å². The number of carbonyl (C=O) groups excluding carboxylic acids is 7. The van der Waals surface area contributed by atoms with Crippen LogP contribution >= 0.6 is 0 Å². The zero-order valence-corrected chi connectivity index (χ0v) is 37.8. The maximum Gasteiger partial charge on any atom is 0.446 e. The fourth-order valence-electron chi connectivity index (χ4n) is 7.16. The summed E-state index contributed by atoms with van der Waals surface area (Å²) >= 11 is 0. The smallest absolute Gasteiger partial charge is 0.446 e. The number of β-amino-alcohol motifs (C(OH)–C–C–N with tert-alkyl or cyclic N) is 1. The number of nitrogens with one attached hydrogen (secondary N) is 3. The second kappa shape index (κ2) is 24.6. The quantitative estimate of drug-likeness (QED) is 0.0402. The van der Waals surface area contributed by atoms with Crippen LogP contribution in [0, 0.1) is 11.8 Å². The van der Waals surface area contributed by atoms with Crippen LogP contribution in [0.4, 0.5) is 0 Å². The van der Waals surface area contributed by atoms with E-state index in [1.165, 1.54) is 6.92 Å². The third kappa shape index (κ3) is 15.3. The molecule has 2 saturated heterocycles. The van der Waals surface area contributed by atoms with E-state index in [4.69, 9.17) is 21.8 Å². The number of likely N-dealkylation sites (tertiary alicyclic amines) is 2. The molecule has 380 valence electrons. The number of phenols is 1. The van der Waals surface area contributed by atoms with Gasteiger partial charge in [-0.25, -0.2) is 0 Å². The monoisotopic (exact) mass is 982 g/mol. The molecule has 29 heteroatoms. The normalized spacial score (nSPS) is 23.9. The third-order valence-electron chi connectivity index (χ3n) is 10.8. The summed E-state index contributed by atoms with van der Waals surface area (Å²) in [5.41, 5.74) is 16.1. The number of rotatable bonds is 21. The highest BCUT2D eigenvalue weighted by Gasteiger charge is 2.49. The first-order valence-corrected chi connectivity index (χ1v) is 22.1. The number of benzene rings is 1. The Morgan fingerprint density at radius 2 is 1.42 bits per heavy atom. The van der Waals surface area contributed by atoms with Crippen molar-refractivity contribution in [3.63, 3.8) is 0 Å². The van der Waals surface area contributed by atoms with Gasteiger partial charge in [0.2, 0.25) is 41.4 Å². The van der Waals surface area contributed by atoms with Crippen molar-refractivity contribution in [2.45, 2.75) is 133 Å². The first-order valence-electron chi connectivity index (χ1n) is 20.8. The van der Waals surface area contributed by atoms with E-state index in [9.17, 15) is 87.9 Å². The predicted molar refractivity (Wildman–Crippen MR) is 226 cm³/mol. The van der Waals surface area contributed by atoms with Crippen molar-refractivity contribution >= 4 is 51.7 Å². The van der Waals surface area contributed by atoms with Crippen molar-refractivity contribution in [2.75, 3.05) is 13.1 Å². The summed E-state index contributed by atoms with van der Waals surface area (Å²) in [6.45, 7) is 6.75. The highest BCUT2D eigenvalue weighted by molar-refractivity contribution is 7.81. The molecule has 1 aromatic rings. The number of aliphatic hydroxyl groups excluding tert-OH is 8. The molecule has 1 aromatic carbocycles. The van der Waals surface area contributed by atoms with Crippen LogP contribution in [0.3, 0.4) is 0 Å². The zero-order valence-electron chi connectivity index (χ0n) is 37.0. The molecule has 0 spiro atoms. The Hall–Kier alpha value is -5.34. The Morgan fingerprint density at radius 3 is 1.96 bits per heavy atom. The van der Waals surface area contributed by atoms with Crippen molar-refractivity contribution in [1.82, 2.24) is 25.8 Å². The van der Waals surface area contributed by atoms with Crippen LogP contribution in [0.25, 0.3) is 0 Å². The number of carbonyl (C=O) groups is 7. The lowest BCUT2D eigenvalue weighted by molar-refractivity contribution is -0.149. The summed E-state index contributed by atoms with van der Waals surface area (Å²) in [5.74, 6) is -12.5. The number of primary amides is 2. The van der Waals surface area contributed by atoms with Crippen molar-refractivity contribution in [1.29, 1.82) is 0 Å². The molecule has 0 aliphatic carbocycles. The van der Waals surface area contributed by atoms with Gasteiger partial charge in [0.25, 0.3) is 0 Å². The molecule has 2 fully saturated rings. The zero-order chi connectivity index (χ0) is 51.6. The summed E-state index contributed by atoms with van der Waals surface area (Å²) in [5, 5.41) is 101. The van der Waals surface area contributed by atoms with Crippen LogP contribution in [-0.4, -0.2) is 196 Å². The highest BCUT2D eigenvalue weighted by Crippen LogP contribution is 2.33. The fraction of sp³-hybridized carbons (Fsp3) is 0.658. The van der Waals surface area contributed by atoms with Gasteiger partial charge < -0.3 is 93.1 Å². The summed E-state index contributed by atoms with van der Waals surface area (Å²) in [6.07, 6.45) is -17.0. The molecule has 3 rings (SSSR count). The molecule has 15 unspecified atom stereocenters. The molecule has 15 atom stereocenters. The predicted octanol–water partition coefficient (Wildman–Crippen LogP) is -7.62. The number of hydrogen-bond acceptors (Lipinski definition) is 20. The second-order valence-electron chi connectivity index (χ2n) is 16.0. The van der Waals surface area contributed by atoms with Crippen LogP contribution in [0.5, 0.6) is 11.5 Å². The second-order valence-corrected chi connectivity index (χ2v) is 17.0. The molecular weight excluding hydrogens is 921 g/mol. The first kappa shape index (κ1) is 57.8. The molecule has 2 heterocycles. The molecule has 2 aliphatic heterocycles. The van der Waals surface area contributed by atoms with Gasteiger partial charge in [-0.1, -0.05) is 33.8 Å². The van der Waals surface area contributed by atoms with Gasteiger partial charge in [-0.3, -0.25) is 38.1 Å². The van der Waals surface area contributed by atoms with E-state index in [2.05, 4.69) is 14.8 Å². The van der Waals surface area contributed by atoms with Crippen LogP contribution in [0.2, 0.25) is 0 Å². The minimum Gasteiger partial charge on any atom is -0.504 e. The van der Waals surface area contributed by atoms with Gasteiger partial charge in [-0.2, -0.15) is 8.42 Å². The van der Waals surface area contributed by atoms with Crippen LogP contribution in [-0.2, 0) is 44.0 Å². The Labute approximate surface area is 384 Å². The lowest BCUT2D eigenvalue weighted by Gasteiger charge is -2.33. The van der Waals surface area contributed by atoms with Gasteiger partial charge in [0.05, 0.1) is 48.9 Å². The number of nitrogens with two attached hydrogens (primary N) is 3. The maximum absolute atomic E-state index is 14.1. The van der Waals surface area contributed by atoms with Crippen LogP contribution in [0.15, 0.2) is 18.2 Å².